The Morgan fingerprint density at radius 3 is 1.95 bits per heavy atom. The number of nitrogens with zero attached hydrogens (tertiary/aromatic N) is 2. The van der Waals surface area contributed by atoms with Crippen molar-refractivity contribution < 1.29 is 14.3 Å². The van der Waals surface area contributed by atoms with Gasteiger partial charge in [-0.3, -0.25) is 9.59 Å². The molecule has 0 bridgehead atoms. The molecule has 0 aliphatic carbocycles. The summed E-state index contributed by atoms with van der Waals surface area (Å²) in [6, 6.07) is 15.3. The molecule has 0 saturated heterocycles. The Balaban J connectivity index is 2.06. The Morgan fingerprint density at radius 2 is 1.41 bits per heavy atom. The van der Waals surface area contributed by atoms with Gasteiger partial charge in [0.05, 0.1) is 5.69 Å². The van der Waals surface area contributed by atoms with Crippen molar-refractivity contribution in [3.63, 3.8) is 0 Å². The Kier molecular flexibility index (Phi) is 5.14. The Bertz CT molecular complexity index is 665. The molecule has 2 aromatic carbocycles. The van der Waals surface area contributed by atoms with E-state index in [9.17, 15) is 9.59 Å². The highest BCUT2D eigenvalue weighted by molar-refractivity contribution is 6.04. The molecule has 112 valence electrons. The van der Waals surface area contributed by atoms with Gasteiger partial charge in [0, 0.05) is 0 Å². The summed E-state index contributed by atoms with van der Waals surface area (Å²) in [4.78, 5) is 22.5. The van der Waals surface area contributed by atoms with Crippen LogP contribution in [0.5, 0.6) is 11.5 Å². The van der Waals surface area contributed by atoms with E-state index in [1.165, 1.54) is 13.8 Å². The largest absolute Gasteiger partial charge is 0.457 e. The number of Topliss-reactive ketones (excluding diaryl/α,β-unsaturated/α-hetero) is 2. The first kappa shape index (κ1) is 15.6. The zero-order chi connectivity index (χ0) is 15.9. The Morgan fingerprint density at radius 1 is 0.864 bits per heavy atom. The van der Waals surface area contributed by atoms with Crippen molar-refractivity contribution in [1.29, 1.82) is 0 Å². The molecule has 0 amide bonds. The van der Waals surface area contributed by atoms with E-state index in [4.69, 9.17) is 4.74 Å². The molecule has 2 rings (SSSR count). The maximum Gasteiger partial charge on any atom is 0.187 e. The number of ether oxygens (including phenoxy) is 1. The fourth-order valence-corrected chi connectivity index (χ4v) is 1.78. The van der Waals surface area contributed by atoms with Gasteiger partial charge in [-0.05, 0) is 50.2 Å². The van der Waals surface area contributed by atoms with Crippen molar-refractivity contribution in [1.82, 2.24) is 0 Å². The quantitative estimate of drug-likeness (QED) is 0.595. The van der Waals surface area contributed by atoms with Crippen molar-refractivity contribution in [3.05, 3.63) is 54.6 Å². The van der Waals surface area contributed by atoms with E-state index in [2.05, 4.69) is 10.2 Å². The molecule has 5 heteroatoms. The van der Waals surface area contributed by atoms with Crippen LogP contribution >= 0.6 is 0 Å². The minimum absolute atomic E-state index is 0.319. The van der Waals surface area contributed by atoms with Crippen LogP contribution in [0.15, 0.2) is 64.8 Å². The minimum atomic E-state index is -1.03. The summed E-state index contributed by atoms with van der Waals surface area (Å²) < 4.78 is 5.65. The number of carbonyl (C=O) groups is 2. The van der Waals surface area contributed by atoms with E-state index in [0.717, 1.165) is 5.75 Å². The molecular formula is C17H16N2O3. The normalized spacial score (nSPS) is 10.9. The maximum absolute atomic E-state index is 11.3. The number of azo groups is 1. The number of rotatable bonds is 6. The van der Waals surface area contributed by atoms with E-state index in [1.54, 1.807) is 24.3 Å². The smallest absolute Gasteiger partial charge is 0.187 e. The standard InChI is InChI=1S/C17H16N2O3/c1-12(20)17(13(2)21)19-18-14-8-10-16(11-9-14)22-15-6-4-3-5-7-15/h3-11,17H,1-2H3. The summed E-state index contributed by atoms with van der Waals surface area (Å²) in [6.07, 6.45) is 0. The van der Waals surface area contributed by atoms with Crippen molar-refractivity contribution in [2.24, 2.45) is 10.2 Å². The van der Waals surface area contributed by atoms with Gasteiger partial charge in [-0.2, -0.15) is 10.2 Å². The molecule has 0 heterocycles. The predicted molar refractivity (Wildman–Crippen MR) is 82.6 cm³/mol. The van der Waals surface area contributed by atoms with Crippen LogP contribution in [-0.2, 0) is 9.59 Å². The second-order valence-electron chi connectivity index (χ2n) is 4.75. The number of para-hydroxylation sites is 1. The average Bonchev–Trinajstić information content (AvgIpc) is 2.49. The van der Waals surface area contributed by atoms with Crippen LogP contribution in [0, 0.1) is 0 Å². The van der Waals surface area contributed by atoms with Gasteiger partial charge in [-0.15, -0.1) is 0 Å². The van der Waals surface area contributed by atoms with Gasteiger partial charge < -0.3 is 4.74 Å². The molecule has 0 unspecified atom stereocenters. The zero-order valence-corrected chi connectivity index (χ0v) is 12.4. The van der Waals surface area contributed by atoms with Crippen LogP contribution in [0.25, 0.3) is 0 Å². The van der Waals surface area contributed by atoms with Gasteiger partial charge in [-0.1, -0.05) is 18.2 Å². The zero-order valence-electron chi connectivity index (χ0n) is 12.4. The highest BCUT2D eigenvalue weighted by atomic mass is 16.5. The van der Waals surface area contributed by atoms with Crippen LogP contribution in [0.2, 0.25) is 0 Å². The lowest BCUT2D eigenvalue weighted by Gasteiger charge is -2.05. The van der Waals surface area contributed by atoms with Crippen LogP contribution < -0.4 is 4.74 Å². The van der Waals surface area contributed by atoms with Crippen molar-refractivity contribution >= 4 is 17.3 Å². The summed E-state index contributed by atoms with van der Waals surface area (Å²) in [5, 5.41) is 7.72. The number of benzene rings is 2. The van der Waals surface area contributed by atoms with Crippen molar-refractivity contribution in [3.8, 4) is 11.5 Å². The molecule has 0 saturated carbocycles. The molecule has 0 N–H and O–H groups in total. The van der Waals surface area contributed by atoms with E-state index < -0.39 is 6.04 Å². The summed E-state index contributed by atoms with van der Waals surface area (Å²) in [6.45, 7) is 2.64. The summed E-state index contributed by atoms with van der Waals surface area (Å²) in [7, 11) is 0. The van der Waals surface area contributed by atoms with E-state index in [-0.39, 0.29) is 11.6 Å². The van der Waals surface area contributed by atoms with E-state index >= 15 is 0 Å². The SMILES string of the molecule is CC(=O)C(N=Nc1ccc(Oc2ccccc2)cc1)C(C)=O. The van der Waals surface area contributed by atoms with Crippen molar-refractivity contribution in [2.45, 2.75) is 19.9 Å². The molecule has 0 fully saturated rings. The number of ketones is 2. The van der Waals surface area contributed by atoms with Gasteiger partial charge in [0.25, 0.3) is 0 Å². The number of carbonyl (C=O) groups excluding carboxylic acids is 2. The van der Waals surface area contributed by atoms with Gasteiger partial charge >= 0.3 is 0 Å². The molecule has 0 spiro atoms. The molecule has 22 heavy (non-hydrogen) atoms. The van der Waals surface area contributed by atoms with E-state index in [1.807, 2.05) is 30.3 Å². The lowest BCUT2D eigenvalue weighted by atomic mass is 10.1. The Labute approximate surface area is 128 Å². The number of hydrogen-bond acceptors (Lipinski definition) is 5. The summed E-state index contributed by atoms with van der Waals surface area (Å²) >= 11 is 0. The lowest BCUT2D eigenvalue weighted by molar-refractivity contribution is -0.126. The topological polar surface area (TPSA) is 68.1 Å². The monoisotopic (exact) mass is 296 g/mol. The molecule has 0 atom stereocenters. The maximum atomic E-state index is 11.3. The molecule has 0 radical (unpaired) electrons. The first-order chi connectivity index (χ1) is 10.6. The summed E-state index contributed by atoms with van der Waals surface area (Å²) in [5.41, 5.74) is 0.549. The molecule has 5 nitrogen and oxygen atoms in total. The fraction of sp³-hybridized carbons (Fsp3) is 0.176. The third-order valence-corrected chi connectivity index (χ3v) is 2.87. The molecule has 0 aliphatic heterocycles. The Hall–Kier alpha value is -2.82. The van der Waals surface area contributed by atoms with Gasteiger partial charge in [0.2, 0.25) is 0 Å². The van der Waals surface area contributed by atoms with Crippen LogP contribution in [0.3, 0.4) is 0 Å². The molecule has 0 aliphatic rings. The predicted octanol–water partition coefficient (Wildman–Crippen LogP) is 4.11. The third-order valence-electron chi connectivity index (χ3n) is 2.87. The number of hydrogen-bond donors (Lipinski definition) is 0. The first-order valence-corrected chi connectivity index (χ1v) is 6.81. The average molecular weight is 296 g/mol. The highest BCUT2D eigenvalue weighted by Gasteiger charge is 2.18. The molecule has 2 aromatic rings. The van der Waals surface area contributed by atoms with Crippen LogP contribution in [0.4, 0.5) is 5.69 Å². The minimum Gasteiger partial charge on any atom is -0.457 e. The fourth-order valence-electron chi connectivity index (χ4n) is 1.78. The molecular weight excluding hydrogens is 280 g/mol. The van der Waals surface area contributed by atoms with Crippen molar-refractivity contribution in [2.75, 3.05) is 0 Å². The second kappa shape index (κ2) is 7.26. The van der Waals surface area contributed by atoms with Crippen LogP contribution in [-0.4, -0.2) is 17.6 Å². The molecule has 0 aromatic heterocycles. The second-order valence-corrected chi connectivity index (χ2v) is 4.75. The van der Waals surface area contributed by atoms with Crippen LogP contribution in [0.1, 0.15) is 13.8 Å². The van der Waals surface area contributed by atoms with Gasteiger partial charge in [-0.25, -0.2) is 0 Å². The lowest BCUT2D eigenvalue weighted by Crippen LogP contribution is -2.23. The van der Waals surface area contributed by atoms with Gasteiger partial charge in [0.1, 0.15) is 11.5 Å². The first-order valence-electron chi connectivity index (χ1n) is 6.81. The summed E-state index contributed by atoms with van der Waals surface area (Å²) in [5.74, 6) is 0.769. The third kappa shape index (κ3) is 4.34. The van der Waals surface area contributed by atoms with E-state index in [0.29, 0.717) is 11.4 Å². The van der Waals surface area contributed by atoms with Gasteiger partial charge in [0.15, 0.2) is 17.6 Å². The highest BCUT2D eigenvalue weighted by Crippen LogP contribution is 2.24.